The van der Waals surface area contributed by atoms with E-state index in [-0.39, 0.29) is 5.41 Å². The fraction of sp³-hybridized carbons (Fsp3) is 0.789. The van der Waals surface area contributed by atoms with Crippen LogP contribution in [0.2, 0.25) is 0 Å². The summed E-state index contributed by atoms with van der Waals surface area (Å²) in [5.41, 5.74) is 2.94. The molecule has 22 heavy (non-hydrogen) atoms. The molecule has 0 amide bonds. The lowest BCUT2D eigenvalue weighted by Crippen LogP contribution is -2.50. The first-order valence-corrected chi connectivity index (χ1v) is 8.64. The molecule has 1 heterocycles. The SMILES string of the molecule is CC(C)=CCC/C(C)=C/CN1CCCC(CO)(CN(C)C)C1. The van der Waals surface area contributed by atoms with Crippen LogP contribution < -0.4 is 0 Å². The third-order valence-corrected chi connectivity index (χ3v) is 4.52. The second-order valence-electron chi connectivity index (χ2n) is 7.61. The van der Waals surface area contributed by atoms with Gasteiger partial charge in [-0.2, -0.15) is 0 Å². The first kappa shape index (κ1) is 19.4. The van der Waals surface area contributed by atoms with Crippen molar-refractivity contribution >= 4 is 0 Å². The minimum atomic E-state index is 0.0611. The molecule has 0 aromatic heterocycles. The van der Waals surface area contributed by atoms with Gasteiger partial charge in [-0.25, -0.2) is 0 Å². The Labute approximate surface area is 137 Å². The van der Waals surface area contributed by atoms with Crippen molar-refractivity contribution in [1.82, 2.24) is 9.80 Å². The fourth-order valence-electron chi connectivity index (χ4n) is 3.42. The summed E-state index contributed by atoms with van der Waals surface area (Å²) in [5, 5.41) is 9.88. The van der Waals surface area contributed by atoms with Crippen LogP contribution in [-0.2, 0) is 0 Å². The van der Waals surface area contributed by atoms with Crippen molar-refractivity contribution in [3.05, 3.63) is 23.3 Å². The molecule has 0 aliphatic carbocycles. The van der Waals surface area contributed by atoms with Crippen molar-refractivity contribution in [3.8, 4) is 0 Å². The molecule has 1 fully saturated rings. The Morgan fingerprint density at radius 1 is 1.23 bits per heavy atom. The van der Waals surface area contributed by atoms with E-state index in [4.69, 9.17) is 0 Å². The molecule has 1 N–H and O–H groups in total. The second-order valence-corrected chi connectivity index (χ2v) is 7.61. The van der Waals surface area contributed by atoms with Gasteiger partial charge in [-0.1, -0.05) is 23.3 Å². The topological polar surface area (TPSA) is 26.7 Å². The summed E-state index contributed by atoms with van der Waals surface area (Å²) in [6.07, 6.45) is 9.32. The highest BCUT2D eigenvalue weighted by Gasteiger charge is 2.35. The van der Waals surface area contributed by atoms with E-state index in [0.29, 0.717) is 6.61 Å². The lowest BCUT2D eigenvalue weighted by atomic mass is 9.80. The normalized spacial score (nSPS) is 23.9. The van der Waals surface area contributed by atoms with E-state index in [1.165, 1.54) is 17.6 Å². The highest BCUT2D eigenvalue weighted by Crippen LogP contribution is 2.30. The molecule has 128 valence electrons. The minimum Gasteiger partial charge on any atom is -0.396 e. The average Bonchev–Trinajstić information content (AvgIpc) is 2.44. The van der Waals surface area contributed by atoms with E-state index in [1.807, 2.05) is 0 Å². The lowest BCUT2D eigenvalue weighted by Gasteiger charge is -2.43. The molecule has 1 unspecified atom stereocenters. The largest absolute Gasteiger partial charge is 0.396 e. The van der Waals surface area contributed by atoms with Crippen molar-refractivity contribution < 1.29 is 5.11 Å². The molecule has 0 saturated carbocycles. The number of likely N-dealkylation sites (tertiary alicyclic amines) is 1. The Morgan fingerprint density at radius 3 is 2.55 bits per heavy atom. The lowest BCUT2D eigenvalue weighted by molar-refractivity contribution is 0.0178. The van der Waals surface area contributed by atoms with Gasteiger partial charge in [-0.3, -0.25) is 4.90 Å². The van der Waals surface area contributed by atoms with Gasteiger partial charge in [0, 0.05) is 25.0 Å². The van der Waals surface area contributed by atoms with Gasteiger partial charge >= 0.3 is 0 Å². The smallest absolute Gasteiger partial charge is 0.0512 e. The van der Waals surface area contributed by atoms with Gasteiger partial charge < -0.3 is 10.0 Å². The summed E-state index contributed by atoms with van der Waals surface area (Å²) in [6.45, 7) is 11.0. The molecule has 3 nitrogen and oxygen atoms in total. The zero-order valence-electron chi connectivity index (χ0n) is 15.4. The molecule has 3 heteroatoms. The van der Waals surface area contributed by atoms with Crippen LogP contribution in [0.25, 0.3) is 0 Å². The number of nitrogens with zero attached hydrogens (tertiary/aromatic N) is 2. The van der Waals surface area contributed by atoms with Gasteiger partial charge in [-0.05, 0) is 67.1 Å². The van der Waals surface area contributed by atoms with Crippen molar-refractivity contribution in [2.24, 2.45) is 5.41 Å². The molecule has 0 aromatic carbocycles. The molecule has 1 aliphatic rings. The monoisotopic (exact) mass is 308 g/mol. The number of rotatable bonds is 8. The maximum atomic E-state index is 9.88. The van der Waals surface area contributed by atoms with Crippen LogP contribution in [0.1, 0.15) is 46.5 Å². The Kier molecular flexibility index (Phi) is 8.37. The third-order valence-electron chi connectivity index (χ3n) is 4.52. The van der Waals surface area contributed by atoms with Crippen molar-refractivity contribution in [2.75, 3.05) is 46.9 Å². The van der Waals surface area contributed by atoms with Crippen LogP contribution in [0, 0.1) is 5.41 Å². The zero-order valence-corrected chi connectivity index (χ0v) is 15.4. The van der Waals surface area contributed by atoms with Gasteiger partial charge in [-0.15, -0.1) is 0 Å². The molecular weight excluding hydrogens is 272 g/mol. The highest BCUT2D eigenvalue weighted by molar-refractivity contribution is 5.03. The van der Waals surface area contributed by atoms with E-state index in [9.17, 15) is 5.11 Å². The number of hydrogen-bond donors (Lipinski definition) is 1. The Hall–Kier alpha value is -0.640. The van der Waals surface area contributed by atoms with Crippen LogP contribution >= 0.6 is 0 Å². The number of aliphatic hydroxyl groups excluding tert-OH is 1. The summed E-state index contributed by atoms with van der Waals surface area (Å²) < 4.78 is 0. The predicted octanol–water partition coefficient (Wildman–Crippen LogP) is 3.32. The third kappa shape index (κ3) is 7.08. The first-order valence-electron chi connectivity index (χ1n) is 8.64. The maximum Gasteiger partial charge on any atom is 0.0512 e. The standard InChI is InChI=1S/C19H36N2O/c1-17(2)8-6-9-18(3)10-13-21-12-7-11-19(15-21,16-22)14-20(4)5/h8,10,22H,6-7,9,11-16H2,1-5H3/b18-10+. The summed E-state index contributed by atoms with van der Waals surface area (Å²) in [6, 6.07) is 0. The van der Waals surface area contributed by atoms with E-state index in [1.54, 1.807) is 0 Å². The minimum absolute atomic E-state index is 0.0611. The second kappa shape index (κ2) is 9.49. The average molecular weight is 309 g/mol. The molecular formula is C19H36N2O. The van der Waals surface area contributed by atoms with Gasteiger partial charge in [0.05, 0.1) is 6.61 Å². The first-order chi connectivity index (χ1) is 10.4. The fourth-order valence-corrected chi connectivity index (χ4v) is 3.42. The zero-order chi connectivity index (χ0) is 16.6. The van der Waals surface area contributed by atoms with Gasteiger partial charge in [0.15, 0.2) is 0 Å². The predicted molar refractivity (Wildman–Crippen MR) is 96.2 cm³/mol. The summed E-state index contributed by atoms with van der Waals surface area (Å²) in [7, 11) is 4.20. The molecule has 0 radical (unpaired) electrons. The summed E-state index contributed by atoms with van der Waals surface area (Å²) in [4.78, 5) is 4.72. The summed E-state index contributed by atoms with van der Waals surface area (Å²) >= 11 is 0. The highest BCUT2D eigenvalue weighted by atomic mass is 16.3. The Bertz CT molecular complexity index is 383. The van der Waals surface area contributed by atoms with Crippen LogP contribution in [0.3, 0.4) is 0 Å². The van der Waals surface area contributed by atoms with Crippen LogP contribution in [0.15, 0.2) is 23.3 Å². The van der Waals surface area contributed by atoms with E-state index in [0.717, 1.165) is 45.4 Å². The maximum absolute atomic E-state index is 9.88. The Morgan fingerprint density at radius 2 is 1.95 bits per heavy atom. The van der Waals surface area contributed by atoms with E-state index in [2.05, 4.69) is 56.8 Å². The molecule has 0 spiro atoms. The van der Waals surface area contributed by atoms with Crippen LogP contribution in [0.4, 0.5) is 0 Å². The molecule has 1 rings (SSSR count). The Balaban J connectivity index is 2.49. The molecule has 1 saturated heterocycles. The van der Waals surface area contributed by atoms with Crippen molar-refractivity contribution in [2.45, 2.75) is 46.5 Å². The summed E-state index contributed by atoms with van der Waals surface area (Å²) in [5.74, 6) is 0. The number of hydrogen-bond acceptors (Lipinski definition) is 3. The van der Waals surface area contributed by atoms with Gasteiger partial charge in [0.1, 0.15) is 0 Å². The van der Waals surface area contributed by atoms with Crippen molar-refractivity contribution in [3.63, 3.8) is 0 Å². The molecule has 1 aliphatic heterocycles. The number of aliphatic hydroxyl groups is 1. The quantitative estimate of drug-likeness (QED) is 0.697. The van der Waals surface area contributed by atoms with E-state index < -0.39 is 0 Å². The van der Waals surface area contributed by atoms with Gasteiger partial charge in [0.2, 0.25) is 0 Å². The van der Waals surface area contributed by atoms with Gasteiger partial charge in [0.25, 0.3) is 0 Å². The molecule has 0 bridgehead atoms. The van der Waals surface area contributed by atoms with E-state index >= 15 is 0 Å². The number of allylic oxidation sites excluding steroid dienone is 3. The molecule has 0 aromatic rings. The van der Waals surface area contributed by atoms with Crippen molar-refractivity contribution in [1.29, 1.82) is 0 Å². The van der Waals surface area contributed by atoms with Crippen LogP contribution in [0.5, 0.6) is 0 Å². The molecule has 1 atom stereocenters. The van der Waals surface area contributed by atoms with Crippen LogP contribution in [-0.4, -0.2) is 61.8 Å². The number of piperidine rings is 1.